The van der Waals surface area contributed by atoms with Crippen LogP contribution in [0.15, 0.2) is 41.4 Å². The number of hydrogen-bond acceptors (Lipinski definition) is 6. The first-order chi connectivity index (χ1) is 12.7. The lowest BCUT2D eigenvalue weighted by Gasteiger charge is -2.27. The van der Waals surface area contributed by atoms with E-state index in [9.17, 15) is 4.79 Å². The van der Waals surface area contributed by atoms with Crippen molar-refractivity contribution in [2.75, 3.05) is 6.54 Å². The molecule has 1 atom stereocenters. The number of amides is 1. The van der Waals surface area contributed by atoms with Gasteiger partial charge in [0.2, 0.25) is 0 Å². The molecular formula is C18H20N6O2. The van der Waals surface area contributed by atoms with Gasteiger partial charge in [-0.1, -0.05) is 18.0 Å². The van der Waals surface area contributed by atoms with Gasteiger partial charge in [-0.2, -0.15) is 10.1 Å². The van der Waals surface area contributed by atoms with E-state index in [-0.39, 0.29) is 11.9 Å². The zero-order valence-electron chi connectivity index (χ0n) is 14.6. The topological polar surface area (TPSA) is 89.9 Å². The van der Waals surface area contributed by atoms with Crippen LogP contribution in [0.3, 0.4) is 0 Å². The number of aromatic nitrogens is 5. The molecule has 1 aliphatic rings. The number of rotatable bonds is 3. The fourth-order valence-corrected chi connectivity index (χ4v) is 3.30. The third kappa shape index (κ3) is 3.22. The Morgan fingerprint density at radius 1 is 1.23 bits per heavy atom. The predicted molar refractivity (Wildman–Crippen MR) is 93.0 cm³/mol. The molecule has 0 N–H and O–H groups in total. The Kier molecular flexibility index (Phi) is 4.47. The van der Waals surface area contributed by atoms with Gasteiger partial charge in [-0.15, -0.1) is 0 Å². The molecule has 0 radical (unpaired) electrons. The van der Waals surface area contributed by atoms with Crippen molar-refractivity contribution in [2.45, 2.75) is 31.7 Å². The van der Waals surface area contributed by atoms with Crippen LogP contribution in [-0.2, 0) is 7.05 Å². The SMILES string of the molecule is Cn1cc(-c2nc([C@@H]3CCCCCN3C(=O)c3ccncc3)no2)cn1. The van der Waals surface area contributed by atoms with Gasteiger partial charge in [-0.05, 0) is 25.0 Å². The van der Waals surface area contributed by atoms with E-state index < -0.39 is 0 Å². The third-order valence-electron chi connectivity index (χ3n) is 4.63. The molecule has 1 fully saturated rings. The van der Waals surface area contributed by atoms with Crippen molar-refractivity contribution in [3.63, 3.8) is 0 Å². The van der Waals surface area contributed by atoms with E-state index in [1.54, 1.807) is 35.4 Å². The molecule has 0 unspecified atom stereocenters. The minimum atomic E-state index is -0.188. The van der Waals surface area contributed by atoms with Crippen molar-refractivity contribution in [1.29, 1.82) is 0 Å². The molecule has 1 amide bonds. The van der Waals surface area contributed by atoms with Crippen LogP contribution in [0.1, 0.15) is 47.9 Å². The maximum atomic E-state index is 13.0. The average Bonchev–Trinajstić information content (AvgIpc) is 3.25. The lowest BCUT2D eigenvalue weighted by Crippen LogP contribution is -2.35. The molecule has 0 aromatic carbocycles. The number of pyridine rings is 1. The molecule has 0 aliphatic carbocycles. The van der Waals surface area contributed by atoms with Crippen molar-refractivity contribution in [2.24, 2.45) is 7.05 Å². The second-order valence-corrected chi connectivity index (χ2v) is 6.46. The number of aryl methyl sites for hydroxylation is 1. The van der Waals surface area contributed by atoms with Crippen molar-refractivity contribution in [3.8, 4) is 11.5 Å². The lowest BCUT2D eigenvalue weighted by atomic mass is 10.1. The highest BCUT2D eigenvalue weighted by Gasteiger charge is 2.31. The minimum Gasteiger partial charge on any atom is -0.334 e. The molecule has 8 nitrogen and oxygen atoms in total. The third-order valence-corrected chi connectivity index (χ3v) is 4.63. The maximum absolute atomic E-state index is 13.0. The lowest BCUT2D eigenvalue weighted by molar-refractivity contribution is 0.0670. The second-order valence-electron chi connectivity index (χ2n) is 6.46. The first-order valence-corrected chi connectivity index (χ1v) is 8.76. The summed E-state index contributed by atoms with van der Waals surface area (Å²) in [6, 6.07) is 3.29. The second kappa shape index (κ2) is 7.07. The average molecular weight is 352 g/mol. The van der Waals surface area contributed by atoms with Gasteiger partial charge < -0.3 is 9.42 Å². The summed E-state index contributed by atoms with van der Waals surface area (Å²) in [7, 11) is 1.83. The summed E-state index contributed by atoms with van der Waals surface area (Å²) in [6.07, 6.45) is 10.7. The number of likely N-dealkylation sites (tertiary alicyclic amines) is 1. The van der Waals surface area contributed by atoms with Crippen molar-refractivity contribution >= 4 is 5.91 Å². The summed E-state index contributed by atoms with van der Waals surface area (Å²) in [6.45, 7) is 0.683. The fraction of sp³-hybridized carbons (Fsp3) is 0.389. The molecule has 26 heavy (non-hydrogen) atoms. The molecule has 0 bridgehead atoms. The Labute approximate surface area is 150 Å². The Bertz CT molecular complexity index is 888. The van der Waals surface area contributed by atoms with Crippen molar-refractivity contribution < 1.29 is 9.32 Å². The molecule has 4 heterocycles. The Morgan fingerprint density at radius 3 is 2.85 bits per heavy atom. The van der Waals surface area contributed by atoms with Gasteiger partial charge in [0.25, 0.3) is 11.8 Å². The molecule has 3 aromatic heterocycles. The molecule has 8 heteroatoms. The van der Waals surface area contributed by atoms with E-state index in [0.717, 1.165) is 31.2 Å². The van der Waals surface area contributed by atoms with E-state index in [2.05, 4.69) is 20.2 Å². The van der Waals surface area contributed by atoms with Crippen LogP contribution in [0.5, 0.6) is 0 Å². The van der Waals surface area contributed by atoms with E-state index in [1.807, 2.05) is 18.1 Å². The van der Waals surface area contributed by atoms with Gasteiger partial charge >= 0.3 is 0 Å². The maximum Gasteiger partial charge on any atom is 0.261 e. The van der Waals surface area contributed by atoms with Crippen molar-refractivity contribution in [3.05, 3.63) is 48.3 Å². The van der Waals surface area contributed by atoms with E-state index in [0.29, 0.717) is 23.8 Å². The highest BCUT2D eigenvalue weighted by molar-refractivity contribution is 5.94. The fourth-order valence-electron chi connectivity index (χ4n) is 3.30. The zero-order chi connectivity index (χ0) is 17.9. The number of carbonyl (C=O) groups is 1. The summed E-state index contributed by atoms with van der Waals surface area (Å²) in [5, 5.41) is 8.30. The van der Waals surface area contributed by atoms with Gasteiger partial charge in [-0.25, -0.2) is 0 Å². The quantitative estimate of drug-likeness (QED) is 0.720. The van der Waals surface area contributed by atoms with Gasteiger partial charge in [0.05, 0.1) is 17.8 Å². The van der Waals surface area contributed by atoms with Gasteiger partial charge in [0.15, 0.2) is 5.82 Å². The van der Waals surface area contributed by atoms with E-state index in [4.69, 9.17) is 4.52 Å². The molecule has 0 spiro atoms. The van der Waals surface area contributed by atoms with E-state index in [1.165, 1.54) is 0 Å². The van der Waals surface area contributed by atoms with E-state index >= 15 is 0 Å². The van der Waals surface area contributed by atoms with Crippen LogP contribution in [0, 0.1) is 0 Å². The summed E-state index contributed by atoms with van der Waals surface area (Å²) in [4.78, 5) is 23.4. The molecule has 4 rings (SSSR count). The number of hydrogen-bond donors (Lipinski definition) is 0. The van der Waals surface area contributed by atoms with Crippen LogP contribution < -0.4 is 0 Å². The monoisotopic (exact) mass is 352 g/mol. The molecule has 1 aliphatic heterocycles. The molecule has 3 aromatic rings. The minimum absolute atomic E-state index is 0.0213. The van der Waals surface area contributed by atoms with Crippen LogP contribution in [-0.4, -0.2) is 42.3 Å². The smallest absolute Gasteiger partial charge is 0.261 e. The zero-order valence-corrected chi connectivity index (χ0v) is 14.6. The Morgan fingerprint density at radius 2 is 2.08 bits per heavy atom. The summed E-state index contributed by atoms with van der Waals surface area (Å²) in [5.41, 5.74) is 1.40. The molecular weight excluding hydrogens is 332 g/mol. The van der Waals surface area contributed by atoms with Crippen LogP contribution >= 0.6 is 0 Å². The van der Waals surface area contributed by atoms with Gasteiger partial charge in [0.1, 0.15) is 0 Å². The van der Waals surface area contributed by atoms with Crippen LogP contribution in [0.2, 0.25) is 0 Å². The highest BCUT2D eigenvalue weighted by atomic mass is 16.5. The molecule has 134 valence electrons. The number of nitrogens with zero attached hydrogens (tertiary/aromatic N) is 6. The summed E-state index contributed by atoms with van der Waals surface area (Å²) in [5.74, 6) is 0.953. The molecule has 0 saturated carbocycles. The standard InChI is InChI=1S/C18H20N6O2/c1-23-12-14(11-20-23)17-21-16(22-26-17)15-5-3-2-4-10-24(15)18(25)13-6-8-19-9-7-13/h6-9,11-12,15H,2-5,10H2,1H3/t15-/m0/s1. The highest BCUT2D eigenvalue weighted by Crippen LogP contribution is 2.31. The summed E-state index contributed by atoms with van der Waals surface area (Å²) < 4.78 is 7.11. The first kappa shape index (κ1) is 16.4. The van der Waals surface area contributed by atoms with Crippen molar-refractivity contribution in [1.82, 2.24) is 29.8 Å². The normalized spacial score (nSPS) is 17.9. The first-order valence-electron chi connectivity index (χ1n) is 8.76. The largest absolute Gasteiger partial charge is 0.334 e. The Balaban J connectivity index is 1.64. The Hall–Kier alpha value is -3.03. The summed E-state index contributed by atoms with van der Waals surface area (Å²) >= 11 is 0. The van der Waals surface area contributed by atoms with Gasteiger partial charge in [0, 0.05) is 37.7 Å². The predicted octanol–water partition coefficient (Wildman–Crippen LogP) is 2.62. The number of carbonyl (C=O) groups excluding carboxylic acids is 1. The van der Waals surface area contributed by atoms with Crippen LogP contribution in [0.25, 0.3) is 11.5 Å². The van der Waals surface area contributed by atoms with Gasteiger partial charge in [-0.3, -0.25) is 14.5 Å². The molecule has 1 saturated heterocycles. The van der Waals surface area contributed by atoms with Crippen LogP contribution in [0.4, 0.5) is 0 Å².